The highest BCUT2D eigenvalue weighted by atomic mass is 16.7. The zero-order valence-corrected chi connectivity index (χ0v) is 12.8. The number of benzene rings is 1. The summed E-state index contributed by atoms with van der Waals surface area (Å²) >= 11 is 0. The fourth-order valence-corrected chi connectivity index (χ4v) is 1.87. The first-order valence-corrected chi connectivity index (χ1v) is 7.00. The second-order valence-electron chi connectivity index (χ2n) is 5.53. The summed E-state index contributed by atoms with van der Waals surface area (Å²) in [6.07, 6.45) is 2.87. The average molecular weight is 308 g/mol. The normalized spacial score (nSPS) is 21.0. The number of ether oxygens (including phenoxy) is 3. The molecule has 6 nitrogen and oxygen atoms in total. The number of hydrogen-bond donors (Lipinski definition) is 2. The quantitative estimate of drug-likeness (QED) is 0.647. The Morgan fingerprint density at radius 3 is 2.82 bits per heavy atom. The van der Waals surface area contributed by atoms with Gasteiger partial charge in [0, 0.05) is 6.08 Å². The number of esters is 1. The van der Waals surface area contributed by atoms with Crippen LogP contribution in [0, 0.1) is 0 Å². The van der Waals surface area contributed by atoms with Crippen LogP contribution in [0.3, 0.4) is 0 Å². The zero-order chi connectivity index (χ0) is 16.4. The van der Waals surface area contributed by atoms with Gasteiger partial charge in [-0.05, 0) is 44.5 Å². The molecule has 2 rings (SSSR count). The first-order chi connectivity index (χ1) is 10.2. The van der Waals surface area contributed by atoms with E-state index in [0.29, 0.717) is 23.7 Å². The van der Waals surface area contributed by atoms with Crippen LogP contribution in [0.15, 0.2) is 24.3 Å². The van der Waals surface area contributed by atoms with E-state index in [4.69, 9.17) is 14.2 Å². The molecule has 1 aliphatic rings. The molecule has 6 heteroatoms. The van der Waals surface area contributed by atoms with Gasteiger partial charge in [0.15, 0.2) is 18.1 Å². The Morgan fingerprint density at radius 1 is 1.45 bits per heavy atom. The van der Waals surface area contributed by atoms with Crippen molar-refractivity contribution in [2.45, 2.75) is 32.2 Å². The molecule has 0 saturated carbocycles. The highest BCUT2D eigenvalue weighted by Crippen LogP contribution is 2.39. The van der Waals surface area contributed by atoms with E-state index < -0.39 is 17.4 Å². The number of carbonyl (C=O) groups excluding carboxylic acids is 1. The largest absolute Gasteiger partial charge is 0.483 e. The van der Waals surface area contributed by atoms with Crippen molar-refractivity contribution < 1.29 is 29.2 Å². The minimum atomic E-state index is -1.84. The Kier molecular flexibility index (Phi) is 4.44. The van der Waals surface area contributed by atoms with E-state index in [9.17, 15) is 15.0 Å². The van der Waals surface area contributed by atoms with Crippen molar-refractivity contribution in [2.75, 3.05) is 13.2 Å². The number of rotatable bonds is 4. The van der Waals surface area contributed by atoms with Crippen LogP contribution >= 0.6 is 0 Å². The predicted octanol–water partition coefficient (Wildman–Crippen LogP) is 1.49. The maximum atomic E-state index is 11.3. The molecule has 1 atom stereocenters. The molecule has 0 radical (unpaired) electrons. The van der Waals surface area contributed by atoms with Crippen LogP contribution in [0.5, 0.6) is 11.5 Å². The summed E-state index contributed by atoms with van der Waals surface area (Å²) in [6, 6.07) is 5.03. The lowest BCUT2D eigenvalue weighted by molar-refractivity contribution is -0.266. The van der Waals surface area contributed by atoms with Gasteiger partial charge in [-0.1, -0.05) is 6.07 Å². The van der Waals surface area contributed by atoms with Gasteiger partial charge in [-0.15, -0.1) is 0 Å². The molecule has 1 aromatic carbocycles. The first-order valence-electron chi connectivity index (χ1n) is 7.00. The summed E-state index contributed by atoms with van der Waals surface area (Å²) in [6.45, 7) is 4.73. The third-order valence-corrected chi connectivity index (χ3v) is 3.32. The summed E-state index contributed by atoms with van der Waals surface area (Å²) < 4.78 is 15.7. The van der Waals surface area contributed by atoms with Gasteiger partial charge in [-0.2, -0.15) is 0 Å². The number of carbonyl (C=O) groups is 1. The van der Waals surface area contributed by atoms with Crippen LogP contribution in [-0.4, -0.2) is 40.8 Å². The van der Waals surface area contributed by atoms with Gasteiger partial charge in [-0.25, -0.2) is 4.79 Å². The molecule has 0 fully saturated rings. The maximum Gasteiger partial charge on any atom is 0.330 e. The minimum Gasteiger partial charge on any atom is -0.483 e. The molecule has 1 unspecified atom stereocenters. The topological polar surface area (TPSA) is 85.2 Å². The third-order valence-electron chi connectivity index (χ3n) is 3.32. The molecule has 2 N–H and O–H groups in total. The molecular weight excluding hydrogens is 288 g/mol. The fourth-order valence-electron chi connectivity index (χ4n) is 1.87. The van der Waals surface area contributed by atoms with Crippen molar-refractivity contribution in [2.24, 2.45) is 0 Å². The second kappa shape index (κ2) is 5.98. The molecule has 0 aromatic heterocycles. The van der Waals surface area contributed by atoms with E-state index in [1.807, 2.05) is 0 Å². The van der Waals surface area contributed by atoms with Crippen molar-refractivity contribution in [1.29, 1.82) is 0 Å². The number of aliphatic hydroxyl groups is 2. The molecule has 0 saturated heterocycles. The molecule has 0 bridgehead atoms. The van der Waals surface area contributed by atoms with E-state index in [2.05, 4.69) is 0 Å². The molecule has 1 heterocycles. The zero-order valence-electron chi connectivity index (χ0n) is 12.8. The molecule has 0 amide bonds. The molecule has 0 aliphatic carbocycles. The smallest absolute Gasteiger partial charge is 0.330 e. The summed E-state index contributed by atoms with van der Waals surface area (Å²) in [5.74, 6) is -1.53. The molecule has 1 aromatic rings. The predicted molar refractivity (Wildman–Crippen MR) is 79.5 cm³/mol. The Hall–Kier alpha value is -2.05. The number of hydrogen-bond acceptors (Lipinski definition) is 6. The van der Waals surface area contributed by atoms with Gasteiger partial charge in [0.2, 0.25) is 0 Å². The van der Waals surface area contributed by atoms with Gasteiger partial charge in [-0.3, -0.25) is 0 Å². The van der Waals surface area contributed by atoms with Crippen LogP contribution in [0.4, 0.5) is 0 Å². The van der Waals surface area contributed by atoms with Crippen molar-refractivity contribution in [3.8, 4) is 11.5 Å². The van der Waals surface area contributed by atoms with Gasteiger partial charge < -0.3 is 24.4 Å². The SMILES string of the molecule is CCOC(=O)/C=C/c1ccc2c(c1)OC(O)(C(C)(C)O)CO2. The average Bonchev–Trinajstić information content (AvgIpc) is 2.44. The van der Waals surface area contributed by atoms with Gasteiger partial charge in [0.1, 0.15) is 5.60 Å². The molecular formula is C16H20O6. The molecule has 1 aliphatic heterocycles. The standard InChI is InChI=1S/C16H20O6/c1-4-20-14(17)8-6-11-5-7-12-13(9-11)22-16(19,10-21-12)15(2,3)18/h5-9,18-19H,4,10H2,1-3H3/b8-6+. The van der Waals surface area contributed by atoms with E-state index in [0.717, 1.165) is 0 Å². The second-order valence-corrected chi connectivity index (χ2v) is 5.53. The van der Waals surface area contributed by atoms with Crippen LogP contribution < -0.4 is 9.47 Å². The van der Waals surface area contributed by atoms with E-state index in [1.165, 1.54) is 19.9 Å². The van der Waals surface area contributed by atoms with Crippen molar-refractivity contribution >= 4 is 12.0 Å². The summed E-state index contributed by atoms with van der Waals surface area (Å²) in [7, 11) is 0. The Morgan fingerprint density at radius 2 is 2.18 bits per heavy atom. The van der Waals surface area contributed by atoms with Crippen LogP contribution in [0.2, 0.25) is 0 Å². The van der Waals surface area contributed by atoms with Gasteiger partial charge >= 0.3 is 5.97 Å². The Labute approximate surface area is 128 Å². The highest BCUT2D eigenvalue weighted by Gasteiger charge is 2.48. The van der Waals surface area contributed by atoms with Crippen molar-refractivity contribution in [3.63, 3.8) is 0 Å². The maximum absolute atomic E-state index is 11.3. The van der Waals surface area contributed by atoms with E-state index >= 15 is 0 Å². The van der Waals surface area contributed by atoms with Gasteiger partial charge in [0.25, 0.3) is 5.79 Å². The van der Waals surface area contributed by atoms with Crippen molar-refractivity contribution in [3.05, 3.63) is 29.8 Å². The third kappa shape index (κ3) is 3.40. The van der Waals surface area contributed by atoms with E-state index in [1.54, 1.807) is 31.2 Å². The fraction of sp³-hybridized carbons (Fsp3) is 0.438. The summed E-state index contributed by atoms with van der Waals surface area (Å²) in [5.41, 5.74) is -0.822. The lowest BCUT2D eigenvalue weighted by Gasteiger charge is -2.41. The molecule has 22 heavy (non-hydrogen) atoms. The Bertz CT molecular complexity index is 587. The summed E-state index contributed by atoms with van der Waals surface area (Å²) in [4.78, 5) is 11.3. The molecule has 120 valence electrons. The van der Waals surface area contributed by atoms with Crippen LogP contribution in [0.25, 0.3) is 6.08 Å². The minimum absolute atomic E-state index is 0.179. The van der Waals surface area contributed by atoms with Gasteiger partial charge in [0.05, 0.1) is 6.61 Å². The van der Waals surface area contributed by atoms with E-state index in [-0.39, 0.29) is 6.61 Å². The number of fused-ring (bicyclic) bond motifs is 1. The Balaban J connectivity index is 2.21. The first kappa shape index (κ1) is 16.3. The lowest BCUT2D eigenvalue weighted by atomic mass is 9.97. The monoisotopic (exact) mass is 308 g/mol. The van der Waals surface area contributed by atoms with Crippen LogP contribution in [-0.2, 0) is 9.53 Å². The lowest BCUT2D eigenvalue weighted by Crippen LogP contribution is -2.59. The highest BCUT2D eigenvalue weighted by molar-refractivity contribution is 5.87. The summed E-state index contributed by atoms with van der Waals surface area (Å²) in [5, 5.41) is 20.3. The van der Waals surface area contributed by atoms with Crippen molar-refractivity contribution in [1.82, 2.24) is 0 Å². The molecule has 0 spiro atoms. The van der Waals surface area contributed by atoms with Crippen LogP contribution in [0.1, 0.15) is 26.3 Å².